The minimum Gasteiger partial charge on any atom is -0.745 e. The molecule has 0 aromatic rings. The predicted octanol–water partition coefficient (Wildman–Crippen LogP) is 7.65. The number of nitrogens with zero attached hydrogens (tertiary/aromatic N) is 1. The third kappa shape index (κ3) is 6.22. The summed E-state index contributed by atoms with van der Waals surface area (Å²) in [4.78, 5) is 0. The Morgan fingerprint density at radius 1 is 0.409 bits per heavy atom. The van der Waals surface area contributed by atoms with Crippen molar-refractivity contribution in [2.24, 2.45) is 0 Å². The maximum absolute atomic E-state index is 13.4. The standard InChI is InChI=1S/C10HF21O3S.C8H20N/c11-1(12,3(15,16)5(19,20)7(23,24)9(26,27)28)2(13,14)4(17,18)6(21,22)8(25,10(29,30)31)35(32,33)34;1-5-9(6-2,7-3)8-4/h(H,32,33,34);5-8H2,1-4H3/q;+1/p-1. The summed E-state index contributed by atoms with van der Waals surface area (Å²) in [6.45, 7) is 14.2. The zero-order valence-corrected chi connectivity index (χ0v) is 22.7. The van der Waals surface area contributed by atoms with Gasteiger partial charge in [0.1, 0.15) is 10.1 Å². The van der Waals surface area contributed by atoms with E-state index in [0.29, 0.717) is 0 Å². The molecule has 1 atom stereocenters. The minimum atomic E-state index is -9.44. The molecule has 0 fully saturated rings. The van der Waals surface area contributed by atoms with Gasteiger partial charge in [0, 0.05) is 0 Å². The molecule has 0 aliphatic carbocycles. The third-order valence-electron chi connectivity index (χ3n) is 6.52. The summed E-state index contributed by atoms with van der Waals surface area (Å²) >= 11 is 0. The Morgan fingerprint density at radius 2 is 0.614 bits per heavy atom. The lowest BCUT2D eigenvalue weighted by Gasteiger charge is -2.45. The van der Waals surface area contributed by atoms with E-state index in [-0.39, 0.29) is 0 Å². The molecule has 44 heavy (non-hydrogen) atoms. The number of rotatable bonds is 12. The van der Waals surface area contributed by atoms with Gasteiger partial charge in [0.05, 0.1) is 26.2 Å². The molecule has 0 spiro atoms. The maximum atomic E-state index is 13.4. The average molecular weight is 729 g/mol. The summed E-state index contributed by atoms with van der Waals surface area (Å²) in [7, 11) is -8.83. The van der Waals surface area contributed by atoms with Crippen molar-refractivity contribution in [2.75, 3.05) is 26.2 Å². The lowest BCUT2D eigenvalue weighted by molar-refractivity contribution is -0.921. The zero-order valence-electron chi connectivity index (χ0n) is 21.8. The lowest BCUT2D eigenvalue weighted by atomic mass is 9.87. The first kappa shape index (κ1) is 44.5. The SMILES string of the molecule is CC[N+](CC)(CC)CC.O=S(=O)([O-])C(F)(C(F)(F)F)C(F)(F)C(F)(F)C(F)(F)C(F)(F)C(F)(F)C(F)(F)C(F)(F)C(F)(F)F. The van der Waals surface area contributed by atoms with Gasteiger partial charge in [-0.05, 0) is 27.7 Å². The van der Waals surface area contributed by atoms with Crippen LogP contribution in [0.2, 0.25) is 0 Å². The molecule has 0 radical (unpaired) electrons. The minimum absolute atomic E-state index is 1.28. The van der Waals surface area contributed by atoms with E-state index < -0.39 is 68.9 Å². The van der Waals surface area contributed by atoms with E-state index in [1.165, 1.54) is 30.7 Å². The first-order chi connectivity index (χ1) is 18.7. The summed E-state index contributed by atoms with van der Waals surface area (Å²) in [6.07, 6.45) is -16.4. The summed E-state index contributed by atoms with van der Waals surface area (Å²) in [5.74, 6) is -64.2. The monoisotopic (exact) mass is 729 g/mol. The smallest absolute Gasteiger partial charge is 0.460 e. The predicted molar refractivity (Wildman–Crippen MR) is 103 cm³/mol. The van der Waals surface area contributed by atoms with E-state index in [1.807, 2.05) is 0 Å². The van der Waals surface area contributed by atoms with Gasteiger partial charge in [0.25, 0.3) is 0 Å². The Hall–Kier alpha value is -1.60. The molecule has 0 N–H and O–H groups in total. The molecule has 0 amide bonds. The van der Waals surface area contributed by atoms with Crippen LogP contribution in [0.5, 0.6) is 0 Å². The Labute approximate surface area is 233 Å². The van der Waals surface area contributed by atoms with Gasteiger partial charge < -0.3 is 9.04 Å². The van der Waals surface area contributed by atoms with E-state index in [4.69, 9.17) is 0 Å². The van der Waals surface area contributed by atoms with Crippen LogP contribution >= 0.6 is 0 Å². The van der Waals surface area contributed by atoms with Crippen molar-refractivity contribution in [3.05, 3.63) is 0 Å². The number of alkyl halides is 21. The lowest BCUT2D eigenvalue weighted by Crippen LogP contribution is -2.78. The molecule has 4 nitrogen and oxygen atoms in total. The van der Waals surface area contributed by atoms with Gasteiger partial charge in [0.15, 0.2) is 0 Å². The molecule has 0 aliphatic heterocycles. The summed E-state index contributed by atoms with van der Waals surface area (Å²) in [5, 5.41) is -8.64. The van der Waals surface area contributed by atoms with Crippen molar-refractivity contribution in [3.63, 3.8) is 0 Å². The zero-order chi connectivity index (χ0) is 36.8. The Kier molecular flexibility index (Phi) is 12.4. The highest BCUT2D eigenvalue weighted by Gasteiger charge is 2.98. The first-order valence-electron chi connectivity index (χ1n) is 11.0. The fourth-order valence-electron chi connectivity index (χ4n) is 3.18. The van der Waals surface area contributed by atoms with E-state index in [2.05, 4.69) is 27.7 Å². The van der Waals surface area contributed by atoms with Gasteiger partial charge in [-0.1, -0.05) is 0 Å². The normalized spacial score (nSPS) is 17.1. The molecule has 1 unspecified atom stereocenters. The number of halogens is 21. The van der Waals surface area contributed by atoms with E-state index in [9.17, 15) is 105 Å². The molecule has 0 heterocycles. The molecule has 26 heteroatoms. The van der Waals surface area contributed by atoms with Crippen LogP contribution in [0.15, 0.2) is 0 Å². The molecular formula is C18H20F21NO3S. The van der Waals surface area contributed by atoms with Gasteiger partial charge in [0.2, 0.25) is 0 Å². The van der Waals surface area contributed by atoms with Crippen molar-refractivity contribution < 1.29 is 110 Å². The van der Waals surface area contributed by atoms with Crippen LogP contribution in [0.25, 0.3) is 0 Å². The van der Waals surface area contributed by atoms with Gasteiger partial charge in [-0.15, -0.1) is 0 Å². The summed E-state index contributed by atoms with van der Waals surface area (Å²) < 4.78 is 302. The highest BCUT2D eigenvalue weighted by atomic mass is 32.2. The van der Waals surface area contributed by atoms with Crippen molar-refractivity contribution in [1.82, 2.24) is 0 Å². The highest BCUT2D eigenvalue weighted by Crippen LogP contribution is 2.66. The van der Waals surface area contributed by atoms with Gasteiger partial charge in [-0.25, -0.2) is 12.8 Å². The van der Waals surface area contributed by atoms with E-state index >= 15 is 0 Å². The molecule has 0 aromatic heterocycles. The maximum Gasteiger partial charge on any atom is 0.460 e. The van der Waals surface area contributed by atoms with E-state index in [0.717, 1.165) is 0 Å². The van der Waals surface area contributed by atoms with Crippen LogP contribution in [-0.4, -0.2) is 102 Å². The van der Waals surface area contributed by atoms with Crippen molar-refractivity contribution in [3.8, 4) is 0 Å². The van der Waals surface area contributed by atoms with Crippen LogP contribution in [0.1, 0.15) is 27.7 Å². The van der Waals surface area contributed by atoms with E-state index in [1.54, 1.807) is 0 Å². The van der Waals surface area contributed by atoms with Crippen LogP contribution in [0, 0.1) is 0 Å². The molecule has 268 valence electrons. The Balaban J connectivity index is 0. The number of hydrogen-bond acceptors (Lipinski definition) is 3. The van der Waals surface area contributed by atoms with Crippen LogP contribution in [0.4, 0.5) is 92.2 Å². The molecule has 0 saturated carbocycles. The van der Waals surface area contributed by atoms with Crippen LogP contribution < -0.4 is 0 Å². The summed E-state index contributed by atoms with van der Waals surface area (Å²) in [6, 6.07) is 0. The third-order valence-corrected chi connectivity index (χ3v) is 7.70. The van der Waals surface area contributed by atoms with Crippen LogP contribution in [-0.2, 0) is 10.1 Å². The van der Waals surface area contributed by atoms with Crippen molar-refractivity contribution in [2.45, 2.75) is 86.5 Å². The van der Waals surface area contributed by atoms with Gasteiger partial charge in [-0.2, -0.15) is 87.8 Å². The molecule has 0 aliphatic rings. The second-order valence-corrected chi connectivity index (χ2v) is 10.1. The Bertz CT molecular complexity index is 1060. The summed E-state index contributed by atoms with van der Waals surface area (Å²) in [5.41, 5.74) is 0. The molecule has 0 rings (SSSR count). The second kappa shape index (κ2) is 12.2. The molecule has 0 saturated heterocycles. The molecule has 0 aromatic carbocycles. The van der Waals surface area contributed by atoms with Crippen molar-refractivity contribution in [1.29, 1.82) is 0 Å². The topological polar surface area (TPSA) is 57.2 Å². The van der Waals surface area contributed by atoms with Crippen molar-refractivity contribution >= 4 is 10.1 Å². The Morgan fingerprint density at radius 3 is 0.750 bits per heavy atom. The first-order valence-corrected chi connectivity index (χ1v) is 12.4. The fourth-order valence-corrected chi connectivity index (χ4v) is 3.91. The van der Waals surface area contributed by atoms with Gasteiger partial charge >= 0.3 is 58.8 Å². The fraction of sp³-hybridized carbons (Fsp3) is 1.00. The number of quaternary nitrogens is 1. The largest absolute Gasteiger partial charge is 0.745 e. The van der Waals surface area contributed by atoms with Crippen LogP contribution in [0.3, 0.4) is 0 Å². The second-order valence-electron chi connectivity index (χ2n) is 8.67. The number of hydrogen-bond donors (Lipinski definition) is 0. The average Bonchev–Trinajstić information content (AvgIpc) is 2.82. The van der Waals surface area contributed by atoms with Gasteiger partial charge in [-0.3, -0.25) is 0 Å². The quantitative estimate of drug-likeness (QED) is 0.118. The molecule has 0 bridgehead atoms. The highest BCUT2D eigenvalue weighted by molar-refractivity contribution is 7.87. The molecular weight excluding hydrogens is 709 g/mol.